The number of hydrogen-bond acceptors (Lipinski definition) is 0. The maximum Gasteiger partial charge on any atom is 0.194 e. The first-order chi connectivity index (χ1) is 15.0. The summed E-state index contributed by atoms with van der Waals surface area (Å²) in [6, 6.07) is 6.66. The molecule has 168 valence electrons. The van der Waals surface area contributed by atoms with Crippen LogP contribution in [0.5, 0.6) is 0 Å². The van der Waals surface area contributed by atoms with Crippen LogP contribution in [0.1, 0.15) is 98.8 Å². The van der Waals surface area contributed by atoms with Crippen LogP contribution in [0, 0.1) is 29.2 Å². The monoisotopic (exact) mass is 432 g/mol. The van der Waals surface area contributed by atoms with E-state index in [1.54, 1.807) is 6.07 Å². The Bertz CT molecular complexity index is 912. The van der Waals surface area contributed by atoms with Crippen molar-refractivity contribution in [3.05, 3.63) is 69.8 Å². The Labute approximate surface area is 183 Å². The maximum atomic E-state index is 15.1. The second-order valence-electron chi connectivity index (χ2n) is 9.56. The first kappa shape index (κ1) is 22.4. The lowest BCUT2D eigenvalue weighted by atomic mass is 9.76. The lowest BCUT2D eigenvalue weighted by Crippen LogP contribution is -2.17. The SMILES string of the molecule is CCCCCC1CCC(c2ccc(C3CCc4c(cc(F)c(F)c4F)C3)c(F)c2)CC1. The van der Waals surface area contributed by atoms with E-state index in [4.69, 9.17) is 0 Å². The standard InChI is InChI=1S/C27H32F4/c1-2-3-4-5-17-6-8-18(9-7-17)19-10-12-22(24(28)15-19)20-11-13-23-21(14-20)16-25(29)27(31)26(23)30/h10,12,15-18,20H,2-9,11,13-14H2,1H3. The van der Waals surface area contributed by atoms with Crippen molar-refractivity contribution in [1.29, 1.82) is 0 Å². The van der Waals surface area contributed by atoms with E-state index >= 15 is 4.39 Å². The van der Waals surface area contributed by atoms with E-state index in [1.165, 1.54) is 38.5 Å². The zero-order valence-corrected chi connectivity index (χ0v) is 18.3. The topological polar surface area (TPSA) is 0 Å². The van der Waals surface area contributed by atoms with Crippen molar-refractivity contribution in [3.63, 3.8) is 0 Å². The van der Waals surface area contributed by atoms with Gasteiger partial charge in [0.05, 0.1) is 0 Å². The van der Waals surface area contributed by atoms with Gasteiger partial charge in [0, 0.05) is 0 Å². The number of benzene rings is 2. The van der Waals surface area contributed by atoms with E-state index < -0.39 is 17.5 Å². The third-order valence-electron chi connectivity index (χ3n) is 7.56. The molecule has 0 nitrogen and oxygen atoms in total. The predicted octanol–water partition coefficient (Wildman–Crippen LogP) is 8.37. The molecule has 0 heterocycles. The van der Waals surface area contributed by atoms with Crippen LogP contribution in [0.2, 0.25) is 0 Å². The van der Waals surface area contributed by atoms with E-state index in [-0.39, 0.29) is 17.3 Å². The molecule has 2 aliphatic rings. The molecular formula is C27H32F4. The summed E-state index contributed by atoms with van der Waals surface area (Å²) in [5.74, 6) is -2.79. The van der Waals surface area contributed by atoms with Crippen LogP contribution >= 0.6 is 0 Å². The lowest BCUT2D eigenvalue weighted by molar-refractivity contribution is 0.302. The van der Waals surface area contributed by atoms with E-state index in [9.17, 15) is 13.2 Å². The fraction of sp³-hybridized carbons (Fsp3) is 0.556. The smallest absolute Gasteiger partial charge is 0.194 e. The predicted molar refractivity (Wildman–Crippen MR) is 116 cm³/mol. The fourth-order valence-electron chi connectivity index (χ4n) is 5.68. The Balaban J connectivity index is 1.42. The van der Waals surface area contributed by atoms with Crippen molar-refractivity contribution in [2.45, 2.75) is 89.4 Å². The average Bonchev–Trinajstić information content (AvgIpc) is 2.78. The van der Waals surface area contributed by atoms with Gasteiger partial charge in [-0.05, 0) is 97.1 Å². The van der Waals surface area contributed by atoms with Crippen LogP contribution in [0.3, 0.4) is 0 Å². The Hall–Kier alpha value is -1.84. The van der Waals surface area contributed by atoms with Crippen LogP contribution in [0.4, 0.5) is 17.6 Å². The quantitative estimate of drug-likeness (QED) is 0.244. The molecule has 0 N–H and O–H groups in total. The Kier molecular flexibility index (Phi) is 7.03. The van der Waals surface area contributed by atoms with Crippen molar-refractivity contribution in [1.82, 2.24) is 0 Å². The van der Waals surface area contributed by atoms with Crippen molar-refractivity contribution >= 4 is 0 Å². The average molecular weight is 433 g/mol. The van der Waals surface area contributed by atoms with Gasteiger partial charge in [-0.25, -0.2) is 17.6 Å². The highest BCUT2D eigenvalue weighted by Crippen LogP contribution is 2.40. The summed E-state index contributed by atoms with van der Waals surface area (Å²) >= 11 is 0. The van der Waals surface area contributed by atoms with E-state index in [0.29, 0.717) is 36.3 Å². The van der Waals surface area contributed by atoms with Gasteiger partial charge in [-0.15, -0.1) is 0 Å². The summed E-state index contributed by atoms with van der Waals surface area (Å²) in [5, 5.41) is 0. The van der Waals surface area contributed by atoms with E-state index in [2.05, 4.69) is 6.92 Å². The fourth-order valence-corrected chi connectivity index (χ4v) is 5.68. The zero-order valence-electron chi connectivity index (χ0n) is 18.3. The second-order valence-corrected chi connectivity index (χ2v) is 9.56. The van der Waals surface area contributed by atoms with Gasteiger partial charge in [-0.1, -0.05) is 44.7 Å². The highest BCUT2D eigenvalue weighted by Gasteiger charge is 2.28. The van der Waals surface area contributed by atoms with Crippen molar-refractivity contribution < 1.29 is 17.6 Å². The molecule has 1 fully saturated rings. The van der Waals surface area contributed by atoms with Gasteiger partial charge >= 0.3 is 0 Å². The molecule has 1 unspecified atom stereocenters. The summed E-state index contributed by atoms with van der Waals surface area (Å²) in [7, 11) is 0. The van der Waals surface area contributed by atoms with Gasteiger partial charge in [0.2, 0.25) is 0 Å². The van der Waals surface area contributed by atoms with Crippen LogP contribution < -0.4 is 0 Å². The van der Waals surface area contributed by atoms with Crippen LogP contribution in [0.15, 0.2) is 24.3 Å². The van der Waals surface area contributed by atoms with Crippen molar-refractivity contribution in [2.75, 3.05) is 0 Å². The summed E-state index contributed by atoms with van der Waals surface area (Å²) in [5.41, 5.74) is 2.37. The lowest BCUT2D eigenvalue weighted by Gasteiger charge is -2.30. The first-order valence-electron chi connectivity index (χ1n) is 11.9. The molecule has 4 heteroatoms. The minimum Gasteiger partial charge on any atom is -0.207 e. The number of unbranched alkanes of at least 4 members (excludes halogenated alkanes) is 2. The Morgan fingerprint density at radius 3 is 2.29 bits per heavy atom. The second kappa shape index (κ2) is 9.75. The van der Waals surface area contributed by atoms with Crippen LogP contribution in [-0.2, 0) is 12.8 Å². The Morgan fingerprint density at radius 2 is 1.58 bits per heavy atom. The molecule has 1 atom stereocenters. The van der Waals surface area contributed by atoms with Crippen molar-refractivity contribution in [2.24, 2.45) is 5.92 Å². The summed E-state index contributed by atoms with van der Waals surface area (Å²) in [6.07, 6.45) is 11.1. The number of hydrogen-bond donors (Lipinski definition) is 0. The minimum absolute atomic E-state index is 0.139. The summed E-state index contributed by atoms with van der Waals surface area (Å²) in [6.45, 7) is 2.23. The summed E-state index contributed by atoms with van der Waals surface area (Å²) < 4.78 is 56.3. The molecule has 2 aromatic carbocycles. The molecule has 0 bridgehead atoms. The van der Waals surface area contributed by atoms with Crippen LogP contribution in [0.25, 0.3) is 0 Å². The molecule has 1 saturated carbocycles. The number of rotatable bonds is 6. The van der Waals surface area contributed by atoms with Gasteiger partial charge in [0.15, 0.2) is 17.5 Å². The number of halogens is 4. The molecule has 0 saturated heterocycles. The van der Waals surface area contributed by atoms with Gasteiger partial charge < -0.3 is 0 Å². The van der Waals surface area contributed by atoms with E-state index in [1.807, 2.05) is 12.1 Å². The third-order valence-corrected chi connectivity index (χ3v) is 7.56. The van der Waals surface area contributed by atoms with Crippen LogP contribution in [-0.4, -0.2) is 0 Å². The molecule has 0 aromatic heterocycles. The maximum absolute atomic E-state index is 15.1. The van der Waals surface area contributed by atoms with Gasteiger partial charge in [0.1, 0.15) is 5.82 Å². The molecule has 4 rings (SSSR count). The molecule has 2 aromatic rings. The molecule has 0 spiro atoms. The number of fused-ring (bicyclic) bond motifs is 1. The molecule has 2 aliphatic carbocycles. The molecular weight excluding hydrogens is 400 g/mol. The largest absolute Gasteiger partial charge is 0.207 e. The minimum atomic E-state index is -1.41. The third kappa shape index (κ3) is 4.83. The van der Waals surface area contributed by atoms with Gasteiger partial charge in [-0.2, -0.15) is 0 Å². The normalized spacial score (nSPS) is 23.6. The molecule has 31 heavy (non-hydrogen) atoms. The first-order valence-corrected chi connectivity index (χ1v) is 11.9. The van der Waals surface area contributed by atoms with Gasteiger partial charge in [0.25, 0.3) is 0 Å². The Morgan fingerprint density at radius 1 is 0.806 bits per heavy atom. The van der Waals surface area contributed by atoms with Gasteiger partial charge in [-0.3, -0.25) is 0 Å². The highest BCUT2D eigenvalue weighted by molar-refractivity contribution is 5.37. The molecule has 0 radical (unpaired) electrons. The van der Waals surface area contributed by atoms with E-state index in [0.717, 1.165) is 30.4 Å². The molecule has 0 aliphatic heterocycles. The summed E-state index contributed by atoms with van der Waals surface area (Å²) in [4.78, 5) is 0. The van der Waals surface area contributed by atoms with Crippen molar-refractivity contribution in [3.8, 4) is 0 Å². The highest BCUT2D eigenvalue weighted by atomic mass is 19.2. The zero-order chi connectivity index (χ0) is 22.0. The molecule has 0 amide bonds.